The van der Waals surface area contributed by atoms with Gasteiger partial charge in [0.25, 0.3) is 0 Å². The Labute approximate surface area is 110 Å². The maximum absolute atomic E-state index is 12.2. The van der Waals surface area contributed by atoms with Gasteiger partial charge in [-0.25, -0.2) is 4.98 Å². The molecule has 2 heterocycles. The third kappa shape index (κ3) is 2.12. The van der Waals surface area contributed by atoms with Gasteiger partial charge in [0, 0.05) is 11.6 Å². The molecule has 4 heteroatoms. The van der Waals surface area contributed by atoms with Crippen LogP contribution >= 0.6 is 0 Å². The van der Waals surface area contributed by atoms with E-state index in [4.69, 9.17) is 4.42 Å². The normalized spacial score (nSPS) is 10.8. The fourth-order valence-corrected chi connectivity index (χ4v) is 1.91. The number of rotatable bonds is 2. The van der Waals surface area contributed by atoms with Crippen molar-refractivity contribution in [2.75, 3.05) is 0 Å². The highest BCUT2D eigenvalue weighted by Crippen LogP contribution is 2.22. The van der Waals surface area contributed by atoms with Gasteiger partial charge < -0.3 is 4.42 Å². The fourth-order valence-electron chi connectivity index (χ4n) is 1.91. The van der Waals surface area contributed by atoms with Gasteiger partial charge in [0.1, 0.15) is 11.3 Å². The number of carbonyl (C=O) groups excluding carboxylic acids is 1. The minimum absolute atomic E-state index is 0.249. The molecule has 4 nitrogen and oxygen atoms in total. The van der Waals surface area contributed by atoms with Gasteiger partial charge in [0.2, 0.25) is 5.78 Å². The molecule has 0 aliphatic heterocycles. The summed E-state index contributed by atoms with van der Waals surface area (Å²) in [5, 5.41) is 0.920. The first-order valence-corrected chi connectivity index (χ1v) is 5.97. The predicted octanol–water partition coefficient (Wildman–Crippen LogP) is 3.07. The van der Waals surface area contributed by atoms with Crippen molar-refractivity contribution in [3.63, 3.8) is 0 Å². The molecule has 94 valence electrons. The van der Waals surface area contributed by atoms with Crippen LogP contribution in [-0.4, -0.2) is 15.8 Å². The van der Waals surface area contributed by atoms with Crippen molar-refractivity contribution >= 4 is 16.8 Å². The quantitative estimate of drug-likeness (QED) is 0.658. The van der Waals surface area contributed by atoms with E-state index in [1.807, 2.05) is 32.0 Å². The van der Waals surface area contributed by atoms with Crippen LogP contribution in [0, 0.1) is 13.8 Å². The Hall–Kier alpha value is -2.49. The second kappa shape index (κ2) is 4.31. The van der Waals surface area contributed by atoms with Crippen LogP contribution in [0.2, 0.25) is 0 Å². The first kappa shape index (κ1) is 11.6. The van der Waals surface area contributed by atoms with Crippen LogP contribution < -0.4 is 0 Å². The summed E-state index contributed by atoms with van der Waals surface area (Å²) >= 11 is 0. The van der Waals surface area contributed by atoms with E-state index in [9.17, 15) is 4.79 Å². The van der Waals surface area contributed by atoms with Crippen LogP contribution in [0.4, 0.5) is 0 Å². The van der Waals surface area contributed by atoms with Crippen molar-refractivity contribution in [3.8, 4) is 0 Å². The molecule has 0 atom stereocenters. The molecule has 1 aromatic carbocycles. The predicted molar refractivity (Wildman–Crippen MR) is 71.2 cm³/mol. The molecule has 0 saturated heterocycles. The molecule has 0 radical (unpaired) electrons. The number of carbonyl (C=O) groups is 1. The first-order valence-electron chi connectivity index (χ1n) is 5.97. The first-order chi connectivity index (χ1) is 9.13. The lowest BCUT2D eigenvalue weighted by atomic mass is 10.1. The average Bonchev–Trinajstić information content (AvgIpc) is 2.81. The Balaban J connectivity index is 2.04. The Kier molecular flexibility index (Phi) is 2.63. The molecule has 0 aliphatic rings. The van der Waals surface area contributed by atoms with E-state index in [-0.39, 0.29) is 5.78 Å². The van der Waals surface area contributed by atoms with Crippen molar-refractivity contribution in [1.29, 1.82) is 0 Å². The maximum atomic E-state index is 12.2. The summed E-state index contributed by atoms with van der Waals surface area (Å²) in [6.45, 7) is 3.82. The molecule has 0 amide bonds. The highest BCUT2D eigenvalue weighted by molar-refractivity contribution is 6.07. The Morgan fingerprint density at radius 3 is 2.68 bits per heavy atom. The summed E-state index contributed by atoms with van der Waals surface area (Å²) in [5.41, 5.74) is 2.90. The van der Waals surface area contributed by atoms with E-state index < -0.39 is 0 Å². The monoisotopic (exact) mass is 252 g/mol. The molecule has 0 aliphatic carbocycles. The summed E-state index contributed by atoms with van der Waals surface area (Å²) in [5.74, 6) is 0.0418. The number of furan rings is 1. The van der Waals surface area contributed by atoms with Gasteiger partial charge in [-0.3, -0.25) is 9.78 Å². The van der Waals surface area contributed by atoms with Crippen LogP contribution in [0.3, 0.4) is 0 Å². The standard InChI is InChI=1S/C15H12N2O2/c1-9-3-4-13-11(5-9)6-14(19-13)15(18)12-8-16-10(2)7-17-12/h3-8H,1-2H3. The van der Waals surface area contributed by atoms with Crippen LogP contribution in [0.1, 0.15) is 27.5 Å². The van der Waals surface area contributed by atoms with Gasteiger partial charge in [-0.2, -0.15) is 0 Å². The van der Waals surface area contributed by atoms with Crippen molar-refractivity contribution in [2.45, 2.75) is 13.8 Å². The van der Waals surface area contributed by atoms with E-state index in [1.54, 1.807) is 12.3 Å². The number of hydrogen-bond donors (Lipinski definition) is 0. The molecule has 0 unspecified atom stereocenters. The van der Waals surface area contributed by atoms with Gasteiger partial charge in [-0.05, 0) is 32.0 Å². The molecular formula is C15H12N2O2. The highest BCUT2D eigenvalue weighted by Gasteiger charge is 2.16. The van der Waals surface area contributed by atoms with E-state index in [0.717, 1.165) is 16.6 Å². The summed E-state index contributed by atoms with van der Waals surface area (Å²) in [7, 11) is 0. The van der Waals surface area contributed by atoms with Crippen LogP contribution in [0.15, 0.2) is 41.1 Å². The molecule has 0 spiro atoms. The third-order valence-corrected chi connectivity index (χ3v) is 2.91. The summed E-state index contributed by atoms with van der Waals surface area (Å²) < 4.78 is 5.55. The zero-order valence-corrected chi connectivity index (χ0v) is 10.7. The molecule has 0 fully saturated rings. The molecule has 0 N–H and O–H groups in total. The zero-order chi connectivity index (χ0) is 13.4. The largest absolute Gasteiger partial charge is 0.453 e. The molecule has 0 saturated carbocycles. The number of aryl methyl sites for hydroxylation is 2. The smallest absolute Gasteiger partial charge is 0.248 e. The molecule has 0 bridgehead atoms. The molecule has 3 aromatic rings. The lowest BCUT2D eigenvalue weighted by Gasteiger charge is -1.96. The maximum Gasteiger partial charge on any atom is 0.248 e. The summed E-state index contributed by atoms with van der Waals surface area (Å²) in [6, 6.07) is 7.54. The van der Waals surface area contributed by atoms with Gasteiger partial charge in [0.05, 0.1) is 11.9 Å². The van der Waals surface area contributed by atoms with Crippen molar-refractivity contribution in [3.05, 3.63) is 59.4 Å². The molecule has 2 aromatic heterocycles. The number of ketones is 1. The SMILES string of the molecule is Cc1ccc2oc(C(=O)c3cnc(C)cn3)cc2c1. The highest BCUT2D eigenvalue weighted by atomic mass is 16.3. The number of fused-ring (bicyclic) bond motifs is 1. The Bertz CT molecular complexity index is 757. The minimum Gasteiger partial charge on any atom is -0.453 e. The lowest BCUT2D eigenvalue weighted by molar-refractivity contribution is 0.101. The second-order valence-electron chi connectivity index (χ2n) is 4.52. The number of nitrogens with zero attached hydrogens (tertiary/aromatic N) is 2. The van der Waals surface area contributed by atoms with Gasteiger partial charge in [-0.15, -0.1) is 0 Å². The van der Waals surface area contributed by atoms with Crippen LogP contribution in [-0.2, 0) is 0 Å². The van der Waals surface area contributed by atoms with Gasteiger partial charge in [-0.1, -0.05) is 11.6 Å². The van der Waals surface area contributed by atoms with E-state index in [0.29, 0.717) is 17.0 Å². The topological polar surface area (TPSA) is 56.0 Å². The molecule has 3 rings (SSSR count). The average molecular weight is 252 g/mol. The van der Waals surface area contributed by atoms with Crippen LogP contribution in [0.5, 0.6) is 0 Å². The number of aromatic nitrogens is 2. The fraction of sp³-hybridized carbons (Fsp3) is 0.133. The van der Waals surface area contributed by atoms with E-state index >= 15 is 0 Å². The molecular weight excluding hydrogens is 240 g/mol. The summed E-state index contributed by atoms with van der Waals surface area (Å²) in [4.78, 5) is 20.4. The Morgan fingerprint density at radius 2 is 1.95 bits per heavy atom. The lowest BCUT2D eigenvalue weighted by Crippen LogP contribution is -2.03. The zero-order valence-electron chi connectivity index (χ0n) is 10.7. The summed E-state index contributed by atoms with van der Waals surface area (Å²) in [6.07, 6.45) is 3.04. The van der Waals surface area contributed by atoms with Crippen molar-refractivity contribution in [1.82, 2.24) is 9.97 Å². The van der Waals surface area contributed by atoms with Crippen molar-refractivity contribution < 1.29 is 9.21 Å². The van der Waals surface area contributed by atoms with E-state index in [1.165, 1.54) is 6.20 Å². The van der Waals surface area contributed by atoms with Gasteiger partial charge >= 0.3 is 0 Å². The Morgan fingerprint density at radius 1 is 1.11 bits per heavy atom. The van der Waals surface area contributed by atoms with Crippen LogP contribution in [0.25, 0.3) is 11.0 Å². The second-order valence-corrected chi connectivity index (χ2v) is 4.52. The third-order valence-electron chi connectivity index (χ3n) is 2.91. The molecule has 19 heavy (non-hydrogen) atoms. The number of hydrogen-bond acceptors (Lipinski definition) is 4. The van der Waals surface area contributed by atoms with Gasteiger partial charge in [0.15, 0.2) is 5.76 Å². The number of benzene rings is 1. The van der Waals surface area contributed by atoms with E-state index in [2.05, 4.69) is 9.97 Å². The van der Waals surface area contributed by atoms with Crippen molar-refractivity contribution in [2.24, 2.45) is 0 Å². The minimum atomic E-state index is -0.249.